The van der Waals surface area contributed by atoms with E-state index in [1.807, 2.05) is 0 Å². The summed E-state index contributed by atoms with van der Waals surface area (Å²) in [5, 5.41) is 15.6. The van der Waals surface area contributed by atoms with E-state index in [-0.39, 0.29) is 0 Å². The highest BCUT2D eigenvalue weighted by Crippen LogP contribution is 2.10. The predicted octanol–water partition coefficient (Wildman–Crippen LogP) is 1.15. The highest BCUT2D eigenvalue weighted by atomic mass is 16.4. The molecule has 17 heavy (non-hydrogen) atoms. The van der Waals surface area contributed by atoms with E-state index >= 15 is 0 Å². The Kier molecular flexibility index (Phi) is 3.04. The van der Waals surface area contributed by atoms with Gasteiger partial charge in [-0.3, -0.25) is 4.79 Å². The third kappa shape index (κ3) is 2.60. The normalized spacial score (nSPS) is 12.1. The molecule has 6 heteroatoms. The average molecular weight is 232 g/mol. The molecule has 6 nitrogen and oxygen atoms in total. The maximum absolute atomic E-state index is 10.7. The largest absolute Gasteiger partial charge is 0.480 e. The van der Waals surface area contributed by atoms with E-state index in [0.29, 0.717) is 11.5 Å². The van der Waals surface area contributed by atoms with Crippen LogP contribution in [0.25, 0.3) is 5.82 Å². The number of carboxylic acid groups (broad SMARTS) is 1. The molecule has 2 aromatic rings. The maximum Gasteiger partial charge on any atom is 0.325 e. The van der Waals surface area contributed by atoms with E-state index in [9.17, 15) is 4.79 Å². The summed E-state index contributed by atoms with van der Waals surface area (Å²) in [6.45, 7) is 1.57. The second-order valence-electron chi connectivity index (χ2n) is 3.56. The van der Waals surface area contributed by atoms with Crippen LogP contribution in [0.2, 0.25) is 0 Å². The molecule has 2 N–H and O–H groups in total. The smallest absolute Gasteiger partial charge is 0.325 e. The second kappa shape index (κ2) is 4.65. The first-order valence-electron chi connectivity index (χ1n) is 5.12. The van der Waals surface area contributed by atoms with Gasteiger partial charge >= 0.3 is 5.97 Å². The van der Waals surface area contributed by atoms with E-state index < -0.39 is 12.0 Å². The summed E-state index contributed by atoms with van der Waals surface area (Å²) in [5.74, 6) is -0.218. The molecule has 0 spiro atoms. The molecule has 0 aliphatic heterocycles. The maximum atomic E-state index is 10.7. The number of pyridine rings is 1. The van der Waals surface area contributed by atoms with Gasteiger partial charge < -0.3 is 10.4 Å². The van der Waals surface area contributed by atoms with Crippen LogP contribution < -0.4 is 5.32 Å². The first-order valence-corrected chi connectivity index (χ1v) is 5.12. The van der Waals surface area contributed by atoms with E-state index in [1.165, 1.54) is 0 Å². The van der Waals surface area contributed by atoms with Gasteiger partial charge in [-0.1, -0.05) is 0 Å². The Hall–Kier alpha value is -2.37. The minimum absolute atomic E-state index is 0.646. The molecule has 2 rings (SSSR count). The monoisotopic (exact) mass is 232 g/mol. The summed E-state index contributed by atoms with van der Waals surface area (Å²) >= 11 is 0. The molecule has 0 saturated heterocycles. The van der Waals surface area contributed by atoms with Crippen molar-refractivity contribution in [2.75, 3.05) is 5.32 Å². The van der Waals surface area contributed by atoms with E-state index in [0.717, 1.165) is 0 Å². The van der Waals surface area contributed by atoms with Crippen LogP contribution in [0, 0.1) is 0 Å². The van der Waals surface area contributed by atoms with Gasteiger partial charge in [0.05, 0.1) is 11.9 Å². The number of nitrogens with one attached hydrogen (secondary N) is 1. The van der Waals surface area contributed by atoms with E-state index in [2.05, 4.69) is 15.4 Å². The number of aromatic nitrogens is 3. The summed E-state index contributed by atoms with van der Waals surface area (Å²) < 4.78 is 1.63. The highest BCUT2D eigenvalue weighted by Gasteiger charge is 2.10. The van der Waals surface area contributed by atoms with Gasteiger partial charge in [0, 0.05) is 12.4 Å². The first kappa shape index (κ1) is 11.1. The van der Waals surface area contributed by atoms with E-state index in [4.69, 9.17) is 5.11 Å². The number of anilines is 1. The minimum Gasteiger partial charge on any atom is -0.480 e. The lowest BCUT2D eigenvalue weighted by atomic mass is 10.3. The lowest BCUT2D eigenvalue weighted by Crippen LogP contribution is -2.25. The van der Waals surface area contributed by atoms with Gasteiger partial charge in [-0.15, -0.1) is 0 Å². The zero-order valence-corrected chi connectivity index (χ0v) is 9.24. The van der Waals surface area contributed by atoms with Crippen molar-refractivity contribution in [2.24, 2.45) is 0 Å². The molecule has 1 unspecified atom stereocenters. The molecule has 0 amide bonds. The fraction of sp³-hybridized carbons (Fsp3) is 0.182. The van der Waals surface area contributed by atoms with Gasteiger partial charge in [0.25, 0.3) is 0 Å². The molecule has 0 aliphatic rings. The number of hydrogen-bond acceptors (Lipinski definition) is 4. The molecule has 0 radical (unpaired) electrons. The highest BCUT2D eigenvalue weighted by molar-refractivity contribution is 5.76. The lowest BCUT2D eigenvalue weighted by Gasteiger charge is -2.10. The zero-order chi connectivity index (χ0) is 12.3. The topological polar surface area (TPSA) is 80.0 Å². The Morgan fingerprint density at radius 1 is 1.53 bits per heavy atom. The number of rotatable bonds is 4. The van der Waals surface area contributed by atoms with Crippen molar-refractivity contribution in [1.29, 1.82) is 0 Å². The van der Waals surface area contributed by atoms with Gasteiger partial charge in [-0.05, 0) is 25.1 Å². The van der Waals surface area contributed by atoms with Crippen LogP contribution in [0.15, 0.2) is 36.8 Å². The molecule has 0 aromatic carbocycles. The summed E-state index contributed by atoms with van der Waals surface area (Å²) in [4.78, 5) is 14.8. The van der Waals surface area contributed by atoms with Crippen LogP contribution in [-0.2, 0) is 4.79 Å². The van der Waals surface area contributed by atoms with Gasteiger partial charge in [0.1, 0.15) is 6.04 Å². The van der Waals surface area contributed by atoms with Crippen LogP contribution in [0.3, 0.4) is 0 Å². The summed E-state index contributed by atoms with van der Waals surface area (Å²) in [6.07, 6.45) is 5.03. The van der Waals surface area contributed by atoms with Crippen molar-refractivity contribution in [3.05, 3.63) is 36.8 Å². The molecule has 88 valence electrons. The van der Waals surface area contributed by atoms with Gasteiger partial charge in [-0.2, -0.15) is 5.10 Å². The third-order valence-corrected chi connectivity index (χ3v) is 2.24. The van der Waals surface area contributed by atoms with E-state index in [1.54, 1.807) is 48.4 Å². The zero-order valence-electron chi connectivity index (χ0n) is 9.24. The summed E-state index contributed by atoms with van der Waals surface area (Å²) in [5.41, 5.74) is 0.663. The van der Waals surface area contributed by atoms with Gasteiger partial charge in [-0.25, -0.2) is 9.67 Å². The van der Waals surface area contributed by atoms with Crippen LogP contribution in [0.4, 0.5) is 5.69 Å². The Labute approximate surface area is 97.9 Å². The Morgan fingerprint density at radius 2 is 2.35 bits per heavy atom. The molecule has 2 aromatic heterocycles. The number of aliphatic carboxylic acids is 1. The van der Waals surface area contributed by atoms with Crippen LogP contribution in [-0.4, -0.2) is 31.9 Å². The van der Waals surface area contributed by atoms with Crippen molar-refractivity contribution in [3.8, 4) is 5.82 Å². The van der Waals surface area contributed by atoms with Gasteiger partial charge in [0.2, 0.25) is 0 Å². The SMILES string of the molecule is CC(Nc1ccc(-n2cccn2)nc1)C(=O)O. The van der Waals surface area contributed by atoms with Crippen molar-refractivity contribution >= 4 is 11.7 Å². The molecular weight excluding hydrogens is 220 g/mol. The Balaban J connectivity index is 2.11. The van der Waals surface area contributed by atoms with Crippen molar-refractivity contribution in [3.63, 3.8) is 0 Å². The van der Waals surface area contributed by atoms with Gasteiger partial charge in [0.15, 0.2) is 5.82 Å². The van der Waals surface area contributed by atoms with Crippen LogP contribution in [0.1, 0.15) is 6.92 Å². The molecule has 0 bridgehead atoms. The van der Waals surface area contributed by atoms with Crippen LogP contribution in [0.5, 0.6) is 0 Å². The summed E-state index contributed by atoms with van der Waals surface area (Å²) in [7, 11) is 0. The third-order valence-electron chi connectivity index (χ3n) is 2.24. The fourth-order valence-corrected chi connectivity index (χ4v) is 1.32. The van der Waals surface area contributed by atoms with Crippen molar-refractivity contribution in [2.45, 2.75) is 13.0 Å². The lowest BCUT2D eigenvalue weighted by molar-refractivity contribution is -0.137. The quantitative estimate of drug-likeness (QED) is 0.826. The van der Waals surface area contributed by atoms with Crippen molar-refractivity contribution < 1.29 is 9.90 Å². The number of carboxylic acids is 1. The van der Waals surface area contributed by atoms with Crippen LogP contribution >= 0.6 is 0 Å². The predicted molar refractivity (Wildman–Crippen MR) is 62.1 cm³/mol. The second-order valence-corrected chi connectivity index (χ2v) is 3.56. The molecule has 2 heterocycles. The first-order chi connectivity index (χ1) is 8.16. The molecular formula is C11H12N4O2. The fourth-order valence-electron chi connectivity index (χ4n) is 1.32. The Morgan fingerprint density at radius 3 is 2.88 bits per heavy atom. The molecule has 0 fully saturated rings. The summed E-state index contributed by atoms with van der Waals surface area (Å²) in [6, 6.07) is 4.70. The standard InChI is InChI=1S/C11H12N4O2/c1-8(11(16)17)14-9-3-4-10(12-7-9)15-6-2-5-13-15/h2-8,14H,1H3,(H,16,17). The molecule has 0 saturated carbocycles. The Bertz CT molecular complexity index is 493. The number of hydrogen-bond donors (Lipinski definition) is 2. The molecule has 1 atom stereocenters. The number of carbonyl (C=O) groups is 1. The number of nitrogens with zero attached hydrogens (tertiary/aromatic N) is 3. The molecule has 0 aliphatic carbocycles. The van der Waals surface area contributed by atoms with Crippen molar-refractivity contribution in [1.82, 2.24) is 14.8 Å². The minimum atomic E-state index is -0.902. The average Bonchev–Trinajstić information content (AvgIpc) is 2.83.